The normalized spacial score (nSPS) is 15.8. The van der Waals surface area contributed by atoms with Crippen molar-refractivity contribution in [2.24, 2.45) is 10.4 Å². The van der Waals surface area contributed by atoms with Gasteiger partial charge in [-0.05, 0) is 38.0 Å². The second-order valence-corrected chi connectivity index (χ2v) is 7.59. The number of aliphatic imine (C=N–C) groups is 1. The molecule has 0 saturated heterocycles. The van der Waals surface area contributed by atoms with E-state index in [1.165, 1.54) is 13.2 Å². The van der Waals surface area contributed by atoms with E-state index in [1.807, 2.05) is 6.92 Å². The highest BCUT2D eigenvalue weighted by atomic mass is 19.3. The van der Waals surface area contributed by atoms with Crippen LogP contribution in [0.5, 0.6) is 11.5 Å². The lowest BCUT2D eigenvalue weighted by molar-refractivity contribution is -0.138. The number of nitrogens with one attached hydrogen (secondary N) is 2. The minimum absolute atomic E-state index is 0.0560. The molecule has 0 aromatic heterocycles. The van der Waals surface area contributed by atoms with Gasteiger partial charge in [0.2, 0.25) is 5.91 Å². The summed E-state index contributed by atoms with van der Waals surface area (Å²) >= 11 is 0. The van der Waals surface area contributed by atoms with Crippen molar-refractivity contribution >= 4 is 11.9 Å². The molecule has 1 aromatic carbocycles. The van der Waals surface area contributed by atoms with Gasteiger partial charge >= 0.3 is 6.61 Å². The summed E-state index contributed by atoms with van der Waals surface area (Å²) in [6.45, 7) is 0.216. The molecule has 1 fully saturated rings. The fraction of sp³-hybridized carbons (Fsp3) is 0.619. The molecule has 0 radical (unpaired) electrons. The molecule has 1 saturated carbocycles. The van der Waals surface area contributed by atoms with Gasteiger partial charge in [0.05, 0.1) is 19.1 Å². The quantitative estimate of drug-likeness (QED) is 0.469. The molecule has 9 heteroatoms. The third-order valence-corrected chi connectivity index (χ3v) is 5.25. The summed E-state index contributed by atoms with van der Waals surface area (Å²) in [5, 5.41) is 6.41. The molecule has 7 nitrogen and oxygen atoms in total. The number of rotatable bonds is 9. The Balaban J connectivity index is 2.17. The number of hydrogen-bond donors (Lipinski definition) is 2. The van der Waals surface area contributed by atoms with Gasteiger partial charge in [0, 0.05) is 32.7 Å². The fourth-order valence-electron chi connectivity index (χ4n) is 3.77. The van der Waals surface area contributed by atoms with Gasteiger partial charge in [0.1, 0.15) is 11.5 Å². The van der Waals surface area contributed by atoms with E-state index >= 15 is 0 Å². The molecule has 1 aliphatic rings. The van der Waals surface area contributed by atoms with Crippen molar-refractivity contribution in [2.75, 3.05) is 34.3 Å². The Morgan fingerprint density at radius 2 is 1.97 bits per heavy atom. The SMILES string of the molecule is CCNC(=NCc1cc(OC)ccc1OC(F)F)NCC1(C(=O)N(C)C)CCCC1. The maximum atomic E-state index is 12.8. The summed E-state index contributed by atoms with van der Waals surface area (Å²) in [5.74, 6) is 1.21. The molecular formula is C21H32F2N4O3. The minimum atomic E-state index is -2.92. The highest BCUT2D eigenvalue weighted by Gasteiger charge is 2.42. The molecule has 30 heavy (non-hydrogen) atoms. The van der Waals surface area contributed by atoms with Gasteiger partial charge in [-0.2, -0.15) is 8.78 Å². The summed E-state index contributed by atoms with van der Waals surface area (Å²) in [5.41, 5.74) is 0.0337. The number of nitrogens with zero attached hydrogens (tertiary/aromatic N) is 2. The molecule has 0 atom stereocenters. The van der Waals surface area contributed by atoms with Crippen molar-refractivity contribution < 1.29 is 23.0 Å². The van der Waals surface area contributed by atoms with Gasteiger partial charge in [-0.15, -0.1) is 0 Å². The lowest BCUT2D eigenvalue weighted by Gasteiger charge is -2.31. The molecular weight excluding hydrogens is 394 g/mol. The Labute approximate surface area is 176 Å². The number of halogens is 2. The first-order valence-corrected chi connectivity index (χ1v) is 10.2. The van der Waals surface area contributed by atoms with Crippen LogP contribution in [0.1, 0.15) is 38.2 Å². The number of ether oxygens (including phenoxy) is 2. The van der Waals surface area contributed by atoms with Gasteiger partial charge in [-0.1, -0.05) is 12.8 Å². The number of methoxy groups -OCH3 is 1. The molecule has 2 rings (SSSR count). The molecule has 1 amide bonds. The fourth-order valence-corrected chi connectivity index (χ4v) is 3.77. The van der Waals surface area contributed by atoms with Crippen LogP contribution in [0.4, 0.5) is 8.78 Å². The number of carbonyl (C=O) groups is 1. The zero-order chi connectivity index (χ0) is 22.1. The van der Waals surface area contributed by atoms with E-state index in [0.29, 0.717) is 30.4 Å². The Bertz CT molecular complexity index is 735. The molecule has 0 aliphatic heterocycles. The van der Waals surface area contributed by atoms with E-state index in [-0.39, 0.29) is 18.2 Å². The first-order chi connectivity index (χ1) is 14.3. The molecule has 0 spiro atoms. The Morgan fingerprint density at radius 3 is 2.53 bits per heavy atom. The zero-order valence-corrected chi connectivity index (χ0v) is 18.1. The predicted molar refractivity (Wildman–Crippen MR) is 112 cm³/mol. The van der Waals surface area contributed by atoms with Crippen molar-refractivity contribution in [1.82, 2.24) is 15.5 Å². The van der Waals surface area contributed by atoms with Gasteiger partial charge in [-0.3, -0.25) is 4.79 Å². The van der Waals surface area contributed by atoms with Crippen LogP contribution in [0.25, 0.3) is 0 Å². The number of carbonyl (C=O) groups excluding carboxylic acids is 1. The topological polar surface area (TPSA) is 75.2 Å². The van der Waals surface area contributed by atoms with E-state index in [2.05, 4.69) is 20.4 Å². The van der Waals surface area contributed by atoms with Crippen molar-refractivity contribution in [1.29, 1.82) is 0 Å². The standard InChI is InChI=1S/C21H32F2N4O3/c1-5-24-20(26-14-21(10-6-7-11-21)18(28)27(2)3)25-13-15-12-16(29-4)8-9-17(15)30-19(22)23/h8-9,12,19H,5-7,10-11,13-14H2,1-4H3,(H2,24,25,26). The molecule has 1 aliphatic carbocycles. The van der Waals surface area contributed by atoms with E-state index in [0.717, 1.165) is 25.7 Å². The van der Waals surface area contributed by atoms with E-state index < -0.39 is 12.0 Å². The highest BCUT2D eigenvalue weighted by molar-refractivity contribution is 5.85. The van der Waals surface area contributed by atoms with Crippen LogP contribution in [0.2, 0.25) is 0 Å². The Morgan fingerprint density at radius 1 is 1.27 bits per heavy atom. The van der Waals surface area contributed by atoms with Crippen LogP contribution in [0.15, 0.2) is 23.2 Å². The summed E-state index contributed by atoms with van der Waals surface area (Å²) < 4.78 is 35.2. The minimum Gasteiger partial charge on any atom is -0.497 e. The van der Waals surface area contributed by atoms with Crippen molar-refractivity contribution in [3.8, 4) is 11.5 Å². The highest BCUT2D eigenvalue weighted by Crippen LogP contribution is 2.39. The van der Waals surface area contributed by atoms with Gasteiger partial charge in [0.15, 0.2) is 5.96 Å². The van der Waals surface area contributed by atoms with Crippen LogP contribution in [-0.4, -0.2) is 57.7 Å². The lowest BCUT2D eigenvalue weighted by Crippen LogP contribution is -2.49. The van der Waals surface area contributed by atoms with Gasteiger partial charge in [0.25, 0.3) is 0 Å². The number of benzene rings is 1. The maximum Gasteiger partial charge on any atom is 0.387 e. The van der Waals surface area contributed by atoms with Crippen molar-refractivity contribution in [3.63, 3.8) is 0 Å². The number of amides is 1. The number of alkyl halides is 2. The second kappa shape index (κ2) is 11.0. The zero-order valence-electron chi connectivity index (χ0n) is 18.1. The predicted octanol–water partition coefficient (Wildman–Crippen LogP) is 3.00. The number of guanidine groups is 1. The lowest BCUT2D eigenvalue weighted by atomic mass is 9.84. The molecule has 1 aromatic rings. The van der Waals surface area contributed by atoms with Crippen LogP contribution in [0, 0.1) is 5.41 Å². The largest absolute Gasteiger partial charge is 0.497 e. The van der Waals surface area contributed by atoms with Crippen LogP contribution in [-0.2, 0) is 11.3 Å². The average molecular weight is 427 g/mol. The van der Waals surface area contributed by atoms with Crippen LogP contribution in [0.3, 0.4) is 0 Å². The summed E-state index contributed by atoms with van der Waals surface area (Å²) in [7, 11) is 5.05. The first-order valence-electron chi connectivity index (χ1n) is 10.2. The van der Waals surface area contributed by atoms with Crippen LogP contribution < -0.4 is 20.1 Å². The van der Waals surface area contributed by atoms with E-state index in [4.69, 9.17) is 4.74 Å². The average Bonchev–Trinajstić information content (AvgIpc) is 3.20. The van der Waals surface area contributed by atoms with E-state index in [1.54, 1.807) is 31.1 Å². The summed E-state index contributed by atoms with van der Waals surface area (Å²) in [6.07, 6.45) is 3.71. The molecule has 0 bridgehead atoms. The van der Waals surface area contributed by atoms with Crippen LogP contribution >= 0.6 is 0 Å². The van der Waals surface area contributed by atoms with Gasteiger partial charge in [-0.25, -0.2) is 4.99 Å². The third-order valence-electron chi connectivity index (χ3n) is 5.25. The monoisotopic (exact) mass is 426 g/mol. The Kier molecular flexibility index (Phi) is 8.68. The smallest absolute Gasteiger partial charge is 0.387 e. The summed E-state index contributed by atoms with van der Waals surface area (Å²) in [6, 6.07) is 4.63. The Hall–Kier alpha value is -2.58. The molecule has 168 valence electrons. The maximum absolute atomic E-state index is 12.8. The molecule has 0 heterocycles. The number of hydrogen-bond acceptors (Lipinski definition) is 4. The molecule has 2 N–H and O–H groups in total. The summed E-state index contributed by atoms with van der Waals surface area (Å²) in [4.78, 5) is 18.9. The van der Waals surface area contributed by atoms with Gasteiger partial charge < -0.3 is 25.0 Å². The van der Waals surface area contributed by atoms with Crippen molar-refractivity contribution in [2.45, 2.75) is 45.8 Å². The molecule has 0 unspecified atom stereocenters. The third kappa shape index (κ3) is 6.21. The first kappa shape index (κ1) is 23.7. The van der Waals surface area contributed by atoms with E-state index in [9.17, 15) is 13.6 Å². The second-order valence-electron chi connectivity index (χ2n) is 7.59. The van der Waals surface area contributed by atoms with Crippen molar-refractivity contribution in [3.05, 3.63) is 23.8 Å².